The van der Waals surface area contributed by atoms with Crippen LogP contribution in [-0.4, -0.2) is 26.3 Å². The van der Waals surface area contributed by atoms with Crippen LogP contribution in [-0.2, 0) is 11.3 Å². The van der Waals surface area contributed by atoms with Crippen LogP contribution in [0.25, 0.3) is 0 Å². The van der Waals surface area contributed by atoms with Crippen molar-refractivity contribution in [1.29, 1.82) is 0 Å². The standard InChI is InChI=1S/C13H20N2O/c1-10-3-4-11(8-14)13(7-10)15(2)12-5-6-16-9-12/h3-4,7,12H,5-6,8-9,14H2,1-2H3. The molecule has 0 amide bonds. The quantitative estimate of drug-likeness (QED) is 0.842. The van der Waals surface area contributed by atoms with Gasteiger partial charge in [0.25, 0.3) is 0 Å². The normalized spacial score (nSPS) is 20.1. The maximum absolute atomic E-state index is 5.78. The smallest absolute Gasteiger partial charge is 0.0670 e. The van der Waals surface area contributed by atoms with E-state index in [1.165, 1.54) is 16.8 Å². The van der Waals surface area contributed by atoms with Crippen LogP contribution in [0.4, 0.5) is 5.69 Å². The van der Waals surface area contributed by atoms with Crippen molar-refractivity contribution in [3.63, 3.8) is 0 Å². The molecule has 3 heteroatoms. The zero-order valence-electron chi connectivity index (χ0n) is 10.1. The van der Waals surface area contributed by atoms with Crippen LogP contribution in [0, 0.1) is 6.92 Å². The van der Waals surface area contributed by atoms with Crippen LogP contribution in [0.2, 0.25) is 0 Å². The number of likely N-dealkylation sites (N-methyl/N-ethyl adjacent to an activating group) is 1. The van der Waals surface area contributed by atoms with E-state index in [0.717, 1.165) is 19.6 Å². The molecule has 1 aliphatic rings. The molecule has 1 heterocycles. The summed E-state index contributed by atoms with van der Waals surface area (Å²) in [6.07, 6.45) is 1.11. The molecule has 88 valence electrons. The summed E-state index contributed by atoms with van der Waals surface area (Å²) in [6, 6.07) is 6.94. The van der Waals surface area contributed by atoms with Crippen LogP contribution in [0.1, 0.15) is 17.5 Å². The van der Waals surface area contributed by atoms with Crippen molar-refractivity contribution >= 4 is 5.69 Å². The molecule has 1 aliphatic heterocycles. The summed E-state index contributed by atoms with van der Waals surface area (Å²) >= 11 is 0. The van der Waals surface area contributed by atoms with E-state index in [-0.39, 0.29) is 0 Å². The molecule has 0 radical (unpaired) electrons. The van der Waals surface area contributed by atoms with Gasteiger partial charge in [0.1, 0.15) is 0 Å². The first-order chi connectivity index (χ1) is 7.72. The molecule has 0 bridgehead atoms. The van der Waals surface area contributed by atoms with Gasteiger partial charge in [-0.2, -0.15) is 0 Å². The second kappa shape index (κ2) is 4.85. The summed E-state index contributed by atoms with van der Waals surface area (Å²) in [5, 5.41) is 0. The number of hydrogen-bond acceptors (Lipinski definition) is 3. The van der Waals surface area contributed by atoms with Crippen molar-refractivity contribution in [3.05, 3.63) is 29.3 Å². The van der Waals surface area contributed by atoms with Crippen LogP contribution >= 0.6 is 0 Å². The first-order valence-electron chi connectivity index (χ1n) is 5.82. The second-order valence-corrected chi connectivity index (χ2v) is 4.46. The summed E-state index contributed by atoms with van der Waals surface area (Å²) in [5.41, 5.74) is 9.51. The van der Waals surface area contributed by atoms with Crippen LogP contribution < -0.4 is 10.6 Å². The first-order valence-corrected chi connectivity index (χ1v) is 5.82. The maximum atomic E-state index is 5.78. The third-order valence-electron chi connectivity index (χ3n) is 3.29. The Morgan fingerprint density at radius 3 is 2.94 bits per heavy atom. The summed E-state index contributed by atoms with van der Waals surface area (Å²) in [4.78, 5) is 2.31. The topological polar surface area (TPSA) is 38.5 Å². The zero-order valence-corrected chi connectivity index (χ0v) is 10.1. The molecule has 1 saturated heterocycles. The Morgan fingerprint density at radius 1 is 1.50 bits per heavy atom. The van der Waals surface area contributed by atoms with E-state index in [1.54, 1.807) is 0 Å². The van der Waals surface area contributed by atoms with E-state index < -0.39 is 0 Å². The number of nitrogens with two attached hydrogens (primary N) is 1. The minimum atomic E-state index is 0.493. The van der Waals surface area contributed by atoms with Gasteiger partial charge in [0, 0.05) is 25.9 Å². The Kier molecular flexibility index (Phi) is 3.46. The molecule has 1 unspecified atom stereocenters. The predicted octanol–water partition coefficient (Wildman–Crippen LogP) is 1.68. The molecule has 1 aromatic carbocycles. The number of nitrogens with zero attached hydrogens (tertiary/aromatic N) is 1. The Bertz CT molecular complexity index is 359. The molecule has 0 aliphatic carbocycles. The van der Waals surface area contributed by atoms with Crippen LogP contribution in [0.5, 0.6) is 0 Å². The van der Waals surface area contributed by atoms with Crippen molar-refractivity contribution in [1.82, 2.24) is 0 Å². The molecule has 0 spiro atoms. The average Bonchev–Trinajstić information content (AvgIpc) is 2.81. The largest absolute Gasteiger partial charge is 0.379 e. The molecular formula is C13H20N2O. The maximum Gasteiger partial charge on any atom is 0.0670 e. The van der Waals surface area contributed by atoms with Crippen LogP contribution in [0.3, 0.4) is 0 Å². The molecule has 1 atom stereocenters. The molecule has 1 aromatic rings. The minimum absolute atomic E-state index is 0.493. The molecular weight excluding hydrogens is 200 g/mol. The summed E-state index contributed by atoms with van der Waals surface area (Å²) < 4.78 is 5.43. The fourth-order valence-corrected chi connectivity index (χ4v) is 2.20. The van der Waals surface area contributed by atoms with Gasteiger partial charge in [-0.15, -0.1) is 0 Å². The van der Waals surface area contributed by atoms with Gasteiger partial charge >= 0.3 is 0 Å². The van der Waals surface area contributed by atoms with E-state index in [4.69, 9.17) is 10.5 Å². The number of rotatable bonds is 3. The summed E-state index contributed by atoms with van der Waals surface area (Å²) in [6.45, 7) is 4.41. The summed E-state index contributed by atoms with van der Waals surface area (Å²) in [7, 11) is 2.13. The van der Waals surface area contributed by atoms with Crippen molar-refractivity contribution in [2.24, 2.45) is 5.73 Å². The number of anilines is 1. The van der Waals surface area contributed by atoms with Crippen molar-refractivity contribution in [2.75, 3.05) is 25.2 Å². The molecule has 3 nitrogen and oxygen atoms in total. The monoisotopic (exact) mass is 220 g/mol. The molecule has 1 fully saturated rings. The zero-order chi connectivity index (χ0) is 11.5. The Labute approximate surface area is 97.2 Å². The van der Waals surface area contributed by atoms with E-state index >= 15 is 0 Å². The van der Waals surface area contributed by atoms with E-state index in [1.807, 2.05) is 0 Å². The van der Waals surface area contributed by atoms with Crippen molar-refractivity contribution < 1.29 is 4.74 Å². The Balaban J connectivity index is 2.26. The lowest BCUT2D eigenvalue weighted by atomic mass is 10.1. The van der Waals surface area contributed by atoms with Gasteiger partial charge in [0.15, 0.2) is 0 Å². The number of ether oxygens (including phenoxy) is 1. The van der Waals surface area contributed by atoms with E-state index in [0.29, 0.717) is 12.6 Å². The SMILES string of the molecule is Cc1ccc(CN)c(N(C)C2CCOC2)c1. The highest BCUT2D eigenvalue weighted by Gasteiger charge is 2.21. The van der Waals surface area contributed by atoms with Gasteiger partial charge in [0.2, 0.25) is 0 Å². The third kappa shape index (κ3) is 2.20. The molecule has 2 rings (SSSR count). The van der Waals surface area contributed by atoms with Gasteiger partial charge in [-0.25, -0.2) is 0 Å². The highest BCUT2D eigenvalue weighted by Crippen LogP contribution is 2.25. The average molecular weight is 220 g/mol. The first kappa shape index (κ1) is 11.4. The fraction of sp³-hybridized carbons (Fsp3) is 0.538. The predicted molar refractivity (Wildman–Crippen MR) is 66.7 cm³/mol. The van der Waals surface area contributed by atoms with E-state index in [2.05, 4.69) is 37.1 Å². The van der Waals surface area contributed by atoms with Crippen molar-refractivity contribution in [2.45, 2.75) is 25.9 Å². The lowest BCUT2D eigenvalue weighted by molar-refractivity contribution is 0.193. The fourth-order valence-electron chi connectivity index (χ4n) is 2.20. The highest BCUT2D eigenvalue weighted by molar-refractivity contribution is 5.55. The second-order valence-electron chi connectivity index (χ2n) is 4.46. The summed E-state index contributed by atoms with van der Waals surface area (Å²) in [5.74, 6) is 0. The van der Waals surface area contributed by atoms with E-state index in [9.17, 15) is 0 Å². The van der Waals surface area contributed by atoms with Gasteiger partial charge < -0.3 is 15.4 Å². The molecule has 16 heavy (non-hydrogen) atoms. The lowest BCUT2D eigenvalue weighted by Crippen LogP contribution is -2.32. The van der Waals surface area contributed by atoms with Crippen molar-refractivity contribution in [3.8, 4) is 0 Å². The molecule has 0 saturated carbocycles. The Hall–Kier alpha value is -1.06. The van der Waals surface area contributed by atoms with Gasteiger partial charge in [-0.05, 0) is 30.5 Å². The minimum Gasteiger partial charge on any atom is -0.379 e. The Morgan fingerprint density at radius 2 is 2.31 bits per heavy atom. The van der Waals surface area contributed by atoms with Gasteiger partial charge in [0.05, 0.1) is 12.6 Å². The lowest BCUT2D eigenvalue weighted by Gasteiger charge is -2.28. The number of hydrogen-bond donors (Lipinski definition) is 1. The van der Waals surface area contributed by atoms with Gasteiger partial charge in [-0.1, -0.05) is 12.1 Å². The number of benzene rings is 1. The molecule has 0 aromatic heterocycles. The third-order valence-corrected chi connectivity index (χ3v) is 3.29. The number of aryl methyl sites for hydroxylation is 1. The highest BCUT2D eigenvalue weighted by atomic mass is 16.5. The molecule has 2 N–H and O–H groups in total. The van der Waals surface area contributed by atoms with Gasteiger partial charge in [-0.3, -0.25) is 0 Å². The van der Waals surface area contributed by atoms with Crippen LogP contribution in [0.15, 0.2) is 18.2 Å².